The molecule has 0 bridgehead atoms. The van der Waals surface area contributed by atoms with Crippen LogP contribution in [-0.4, -0.2) is 41.8 Å². The second kappa shape index (κ2) is 6.83. The van der Waals surface area contributed by atoms with Gasteiger partial charge in [0.2, 0.25) is 10.0 Å². The molecule has 21 heavy (non-hydrogen) atoms. The van der Waals surface area contributed by atoms with E-state index < -0.39 is 10.0 Å². The van der Waals surface area contributed by atoms with Gasteiger partial charge in [0.05, 0.1) is 19.2 Å². The van der Waals surface area contributed by atoms with E-state index in [-0.39, 0.29) is 16.0 Å². The van der Waals surface area contributed by atoms with E-state index in [1.54, 1.807) is 0 Å². The van der Waals surface area contributed by atoms with Gasteiger partial charge in [-0.2, -0.15) is 0 Å². The van der Waals surface area contributed by atoms with Gasteiger partial charge in [-0.05, 0) is 19.4 Å². The van der Waals surface area contributed by atoms with Gasteiger partial charge in [0, 0.05) is 24.7 Å². The number of benzene rings is 1. The molecule has 0 radical (unpaired) electrons. The molecule has 1 saturated heterocycles. The summed E-state index contributed by atoms with van der Waals surface area (Å²) in [4.78, 5) is -0.00705. The first-order chi connectivity index (χ1) is 9.97. The molecule has 1 fully saturated rings. The quantitative estimate of drug-likeness (QED) is 0.851. The average molecular weight is 335 g/mol. The largest absolute Gasteiger partial charge is 0.493 e. The SMILES string of the molecule is COc1cc(Cl)c(S(=O)(=O)NC2CCCNC2)cc1OC. The highest BCUT2D eigenvalue weighted by Crippen LogP contribution is 2.35. The zero-order chi connectivity index (χ0) is 15.5. The molecule has 2 rings (SSSR count). The first-order valence-electron chi connectivity index (χ1n) is 6.62. The molecule has 1 aliphatic rings. The van der Waals surface area contributed by atoms with Gasteiger partial charge in [-0.15, -0.1) is 0 Å². The maximum Gasteiger partial charge on any atom is 0.242 e. The van der Waals surface area contributed by atoms with Crippen molar-refractivity contribution in [1.29, 1.82) is 0 Å². The zero-order valence-corrected chi connectivity index (χ0v) is 13.6. The van der Waals surface area contributed by atoms with Crippen molar-refractivity contribution in [3.63, 3.8) is 0 Å². The van der Waals surface area contributed by atoms with Gasteiger partial charge in [-0.3, -0.25) is 0 Å². The van der Waals surface area contributed by atoms with Crippen LogP contribution < -0.4 is 19.5 Å². The number of methoxy groups -OCH3 is 2. The highest BCUT2D eigenvalue weighted by Gasteiger charge is 2.25. The molecule has 1 heterocycles. The summed E-state index contributed by atoms with van der Waals surface area (Å²) in [7, 11) is -0.794. The van der Waals surface area contributed by atoms with Crippen LogP contribution in [0.15, 0.2) is 17.0 Å². The van der Waals surface area contributed by atoms with Gasteiger partial charge >= 0.3 is 0 Å². The van der Waals surface area contributed by atoms with Crippen molar-refractivity contribution >= 4 is 21.6 Å². The van der Waals surface area contributed by atoms with E-state index in [0.29, 0.717) is 18.0 Å². The third kappa shape index (κ3) is 3.79. The van der Waals surface area contributed by atoms with Crippen LogP contribution in [0, 0.1) is 0 Å². The van der Waals surface area contributed by atoms with Crippen LogP contribution in [0.1, 0.15) is 12.8 Å². The fraction of sp³-hybridized carbons (Fsp3) is 0.538. The number of halogens is 1. The number of ether oxygens (including phenoxy) is 2. The molecule has 118 valence electrons. The molecule has 0 spiro atoms. The molecule has 0 aromatic heterocycles. The molecule has 1 aromatic rings. The Morgan fingerprint density at radius 2 is 1.95 bits per heavy atom. The van der Waals surface area contributed by atoms with E-state index >= 15 is 0 Å². The average Bonchev–Trinajstić information content (AvgIpc) is 2.47. The van der Waals surface area contributed by atoms with E-state index in [0.717, 1.165) is 19.4 Å². The van der Waals surface area contributed by atoms with Gasteiger partial charge in [0.15, 0.2) is 11.5 Å². The van der Waals surface area contributed by atoms with Crippen molar-refractivity contribution in [2.75, 3.05) is 27.3 Å². The molecule has 6 nitrogen and oxygen atoms in total. The topological polar surface area (TPSA) is 76.7 Å². The number of nitrogens with one attached hydrogen (secondary N) is 2. The highest BCUT2D eigenvalue weighted by atomic mass is 35.5. The zero-order valence-electron chi connectivity index (χ0n) is 12.0. The second-order valence-corrected chi connectivity index (χ2v) is 6.89. The Bertz CT molecular complexity index is 600. The fourth-order valence-electron chi connectivity index (χ4n) is 2.28. The number of piperidine rings is 1. The molecule has 2 N–H and O–H groups in total. The van der Waals surface area contributed by atoms with Crippen molar-refractivity contribution in [3.05, 3.63) is 17.2 Å². The van der Waals surface area contributed by atoms with Crippen LogP contribution in [0.3, 0.4) is 0 Å². The molecule has 1 unspecified atom stereocenters. The van der Waals surface area contributed by atoms with Gasteiger partial charge in [0.1, 0.15) is 4.90 Å². The number of hydrogen-bond acceptors (Lipinski definition) is 5. The third-order valence-electron chi connectivity index (χ3n) is 3.35. The smallest absolute Gasteiger partial charge is 0.242 e. The van der Waals surface area contributed by atoms with E-state index in [4.69, 9.17) is 21.1 Å². The van der Waals surface area contributed by atoms with Gasteiger partial charge in [-0.1, -0.05) is 11.6 Å². The summed E-state index contributed by atoms with van der Waals surface area (Å²) >= 11 is 6.07. The van der Waals surface area contributed by atoms with Gasteiger partial charge < -0.3 is 14.8 Å². The van der Waals surface area contributed by atoms with E-state index in [1.807, 2.05) is 0 Å². The number of sulfonamides is 1. The number of rotatable bonds is 5. The van der Waals surface area contributed by atoms with Crippen LogP contribution in [0.25, 0.3) is 0 Å². The van der Waals surface area contributed by atoms with E-state index in [9.17, 15) is 8.42 Å². The maximum absolute atomic E-state index is 12.5. The van der Waals surface area contributed by atoms with E-state index in [1.165, 1.54) is 26.4 Å². The monoisotopic (exact) mass is 334 g/mol. The Hall–Kier alpha value is -1.02. The van der Waals surface area contributed by atoms with Crippen LogP contribution >= 0.6 is 11.6 Å². The van der Waals surface area contributed by atoms with Crippen LogP contribution in [0.5, 0.6) is 11.5 Å². The molecular weight excluding hydrogens is 316 g/mol. The van der Waals surface area contributed by atoms with Crippen molar-refractivity contribution < 1.29 is 17.9 Å². The Morgan fingerprint density at radius 1 is 1.29 bits per heavy atom. The molecule has 0 aliphatic carbocycles. The minimum atomic E-state index is -3.71. The molecule has 0 amide bonds. The lowest BCUT2D eigenvalue weighted by Crippen LogP contribution is -2.45. The summed E-state index contributed by atoms with van der Waals surface area (Å²) in [6.07, 6.45) is 1.74. The Labute approximate surface area is 129 Å². The first kappa shape index (κ1) is 16.4. The summed E-state index contributed by atoms with van der Waals surface area (Å²) in [5.41, 5.74) is 0. The third-order valence-corrected chi connectivity index (χ3v) is 5.33. The summed E-state index contributed by atoms with van der Waals surface area (Å²) in [5, 5.41) is 3.26. The normalized spacial score (nSPS) is 19.3. The molecule has 0 saturated carbocycles. The molecule has 1 aliphatic heterocycles. The standard InChI is InChI=1S/C13H19ClN2O4S/c1-19-11-6-10(14)13(7-12(11)20-2)21(17,18)16-9-4-3-5-15-8-9/h6-7,9,15-16H,3-5,8H2,1-2H3. The Balaban J connectivity index is 2.30. The van der Waals surface area contributed by atoms with Crippen molar-refractivity contribution in [2.45, 2.75) is 23.8 Å². The Morgan fingerprint density at radius 3 is 2.52 bits per heavy atom. The lowest BCUT2D eigenvalue weighted by molar-refractivity contribution is 0.354. The Kier molecular flexibility index (Phi) is 5.32. The molecule has 1 atom stereocenters. The van der Waals surface area contributed by atoms with Crippen molar-refractivity contribution in [2.24, 2.45) is 0 Å². The molecule has 8 heteroatoms. The van der Waals surface area contributed by atoms with Crippen molar-refractivity contribution in [3.8, 4) is 11.5 Å². The maximum atomic E-state index is 12.5. The van der Waals surface area contributed by atoms with Gasteiger partial charge in [0.25, 0.3) is 0 Å². The predicted molar refractivity (Wildman–Crippen MR) is 80.8 cm³/mol. The number of hydrogen-bond donors (Lipinski definition) is 2. The lowest BCUT2D eigenvalue weighted by Gasteiger charge is -2.24. The van der Waals surface area contributed by atoms with Crippen LogP contribution in [-0.2, 0) is 10.0 Å². The van der Waals surface area contributed by atoms with E-state index in [2.05, 4.69) is 10.0 Å². The van der Waals surface area contributed by atoms with Crippen LogP contribution in [0.2, 0.25) is 5.02 Å². The van der Waals surface area contributed by atoms with Crippen LogP contribution in [0.4, 0.5) is 0 Å². The lowest BCUT2D eigenvalue weighted by atomic mass is 10.1. The minimum Gasteiger partial charge on any atom is -0.493 e. The second-order valence-electron chi connectivity index (χ2n) is 4.80. The molecular formula is C13H19ClN2O4S. The summed E-state index contributed by atoms with van der Waals surface area (Å²) in [6, 6.07) is 2.68. The summed E-state index contributed by atoms with van der Waals surface area (Å²) in [6.45, 7) is 1.53. The fourth-order valence-corrected chi connectivity index (χ4v) is 4.08. The minimum absolute atomic E-state index is 0.00705. The summed E-state index contributed by atoms with van der Waals surface area (Å²) < 4.78 is 37.8. The molecule has 1 aromatic carbocycles. The van der Waals surface area contributed by atoms with Gasteiger partial charge in [-0.25, -0.2) is 13.1 Å². The summed E-state index contributed by atoms with van der Waals surface area (Å²) in [5.74, 6) is 0.713. The van der Waals surface area contributed by atoms with Crippen molar-refractivity contribution in [1.82, 2.24) is 10.0 Å². The first-order valence-corrected chi connectivity index (χ1v) is 8.48. The highest BCUT2D eigenvalue weighted by molar-refractivity contribution is 7.89. The predicted octanol–water partition coefficient (Wildman–Crippen LogP) is 1.39.